The maximum atomic E-state index is 11.3. The highest BCUT2D eigenvalue weighted by atomic mass is 16.5. The number of aliphatic hydroxyl groups excluding tert-OH is 1. The highest BCUT2D eigenvalue weighted by molar-refractivity contribution is 5.76. The van der Waals surface area contributed by atoms with Gasteiger partial charge in [0.15, 0.2) is 0 Å². The van der Waals surface area contributed by atoms with E-state index in [1.165, 1.54) is 0 Å². The van der Waals surface area contributed by atoms with Crippen molar-refractivity contribution < 1.29 is 14.6 Å². The van der Waals surface area contributed by atoms with Crippen molar-refractivity contribution in [3.8, 4) is 5.75 Å². The molecule has 0 aromatic heterocycles. The Bertz CT molecular complexity index is 461. The van der Waals surface area contributed by atoms with E-state index in [9.17, 15) is 9.90 Å². The molecule has 1 aromatic rings. The van der Waals surface area contributed by atoms with Crippen molar-refractivity contribution in [3.63, 3.8) is 0 Å². The van der Waals surface area contributed by atoms with Crippen LogP contribution in [0.1, 0.15) is 37.9 Å². The second kappa shape index (κ2) is 6.86. The molecule has 0 saturated carbocycles. The van der Waals surface area contributed by atoms with Gasteiger partial charge in [0, 0.05) is 19.0 Å². The molecule has 0 aliphatic carbocycles. The molecule has 110 valence electrons. The zero-order chi connectivity index (χ0) is 14.5. The Kier molecular flexibility index (Phi) is 5.15. The molecule has 1 N–H and O–H groups in total. The van der Waals surface area contributed by atoms with Crippen LogP contribution in [0, 0.1) is 0 Å². The normalized spacial score (nSPS) is 20.9. The van der Waals surface area contributed by atoms with Crippen molar-refractivity contribution in [2.75, 3.05) is 20.2 Å². The van der Waals surface area contributed by atoms with Crippen LogP contribution in [0.2, 0.25) is 0 Å². The van der Waals surface area contributed by atoms with E-state index >= 15 is 0 Å². The molecule has 20 heavy (non-hydrogen) atoms. The Morgan fingerprint density at radius 3 is 3.05 bits per heavy atom. The predicted molar refractivity (Wildman–Crippen MR) is 77.8 cm³/mol. The summed E-state index contributed by atoms with van der Waals surface area (Å²) in [6.07, 6.45) is 2.19. The largest absolute Gasteiger partial charge is 0.497 e. The van der Waals surface area contributed by atoms with Gasteiger partial charge < -0.3 is 9.84 Å². The van der Waals surface area contributed by atoms with E-state index in [2.05, 4.69) is 4.90 Å². The first-order valence-corrected chi connectivity index (χ1v) is 7.15. The number of carbonyl (C=O) groups is 1. The van der Waals surface area contributed by atoms with E-state index in [0.29, 0.717) is 13.0 Å². The SMILES string of the molecule is COc1cccc(C(O)CN2CCCC2CC(C)=O)c1. The van der Waals surface area contributed by atoms with E-state index in [1.807, 2.05) is 24.3 Å². The van der Waals surface area contributed by atoms with Crippen molar-refractivity contribution >= 4 is 5.78 Å². The Morgan fingerprint density at radius 1 is 1.55 bits per heavy atom. The van der Waals surface area contributed by atoms with Gasteiger partial charge in [-0.2, -0.15) is 0 Å². The van der Waals surface area contributed by atoms with Crippen LogP contribution in [0.3, 0.4) is 0 Å². The molecule has 1 saturated heterocycles. The number of ketones is 1. The minimum absolute atomic E-state index is 0.220. The fraction of sp³-hybridized carbons (Fsp3) is 0.562. The van der Waals surface area contributed by atoms with Gasteiger partial charge in [0.2, 0.25) is 0 Å². The van der Waals surface area contributed by atoms with Gasteiger partial charge in [-0.3, -0.25) is 9.69 Å². The van der Waals surface area contributed by atoms with Crippen LogP contribution < -0.4 is 4.74 Å². The van der Waals surface area contributed by atoms with Gasteiger partial charge in [0.25, 0.3) is 0 Å². The molecule has 4 nitrogen and oxygen atoms in total. The molecule has 0 radical (unpaired) electrons. The Labute approximate surface area is 120 Å². The van der Waals surface area contributed by atoms with E-state index in [1.54, 1.807) is 14.0 Å². The Hall–Kier alpha value is -1.39. The van der Waals surface area contributed by atoms with Crippen LogP contribution in [-0.4, -0.2) is 42.0 Å². The number of aliphatic hydroxyl groups is 1. The molecule has 1 aromatic carbocycles. The molecule has 1 fully saturated rings. The molecule has 0 spiro atoms. The smallest absolute Gasteiger partial charge is 0.131 e. The summed E-state index contributed by atoms with van der Waals surface area (Å²) >= 11 is 0. The van der Waals surface area contributed by atoms with Crippen molar-refractivity contribution in [2.45, 2.75) is 38.3 Å². The molecular weight excluding hydrogens is 254 g/mol. The third kappa shape index (κ3) is 3.81. The first kappa shape index (κ1) is 15.0. The minimum atomic E-state index is -0.544. The van der Waals surface area contributed by atoms with Crippen molar-refractivity contribution in [1.29, 1.82) is 0 Å². The summed E-state index contributed by atoms with van der Waals surface area (Å²) in [6.45, 7) is 3.17. The summed E-state index contributed by atoms with van der Waals surface area (Å²) < 4.78 is 5.18. The molecule has 1 heterocycles. The van der Waals surface area contributed by atoms with Crippen LogP contribution in [0.4, 0.5) is 0 Å². The lowest BCUT2D eigenvalue weighted by Crippen LogP contribution is -2.34. The third-order valence-corrected chi connectivity index (χ3v) is 3.91. The van der Waals surface area contributed by atoms with Crippen LogP contribution in [-0.2, 0) is 4.79 Å². The van der Waals surface area contributed by atoms with E-state index in [4.69, 9.17) is 4.74 Å². The minimum Gasteiger partial charge on any atom is -0.497 e. The van der Waals surface area contributed by atoms with Crippen LogP contribution >= 0.6 is 0 Å². The lowest BCUT2D eigenvalue weighted by Gasteiger charge is -2.26. The molecule has 0 amide bonds. The first-order chi connectivity index (χ1) is 9.60. The number of hydrogen-bond donors (Lipinski definition) is 1. The number of likely N-dealkylation sites (tertiary alicyclic amines) is 1. The van der Waals surface area contributed by atoms with Crippen molar-refractivity contribution in [2.24, 2.45) is 0 Å². The zero-order valence-corrected chi connectivity index (χ0v) is 12.2. The predicted octanol–water partition coefficient (Wildman–Crippen LogP) is 2.17. The quantitative estimate of drug-likeness (QED) is 0.866. The van der Waals surface area contributed by atoms with Gasteiger partial charge in [-0.1, -0.05) is 12.1 Å². The van der Waals surface area contributed by atoms with E-state index in [-0.39, 0.29) is 11.8 Å². The average molecular weight is 277 g/mol. The van der Waals surface area contributed by atoms with E-state index in [0.717, 1.165) is 30.7 Å². The molecule has 1 aliphatic heterocycles. The summed E-state index contributed by atoms with van der Waals surface area (Å²) in [4.78, 5) is 13.5. The number of β-amino-alcohol motifs (C(OH)–C–C–N with tert-alkyl or cyclic N) is 1. The molecule has 2 unspecified atom stereocenters. The summed E-state index contributed by atoms with van der Waals surface area (Å²) in [5.41, 5.74) is 0.859. The molecular formula is C16H23NO3. The number of nitrogens with zero attached hydrogens (tertiary/aromatic N) is 1. The lowest BCUT2D eigenvalue weighted by molar-refractivity contribution is -0.118. The Morgan fingerprint density at radius 2 is 2.35 bits per heavy atom. The second-order valence-corrected chi connectivity index (χ2v) is 5.49. The molecule has 0 bridgehead atoms. The average Bonchev–Trinajstić information content (AvgIpc) is 2.85. The fourth-order valence-corrected chi connectivity index (χ4v) is 2.87. The highest BCUT2D eigenvalue weighted by Crippen LogP contribution is 2.25. The fourth-order valence-electron chi connectivity index (χ4n) is 2.87. The van der Waals surface area contributed by atoms with Gasteiger partial charge in [-0.05, 0) is 44.0 Å². The number of rotatable bonds is 6. The van der Waals surface area contributed by atoms with Gasteiger partial charge in [-0.25, -0.2) is 0 Å². The number of benzene rings is 1. The number of methoxy groups -OCH3 is 1. The monoisotopic (exact) mass is 277 g/mol. The van der Waals surface area contributed by atoms with E-state index < -0.39 is 6.10 Å². The molecule has 4 heteroatoms. The van der Waals surface area contributed by atoms with Gasteiger partial charge >= 0.3 is 0 Å². The highest BCUT2D eigenvalue weighted by Gasteiger charge is 2.27. The molecule has 1 aliphatic rings. The van der Waals surface area contributed by atoms with Gasteiger partial charge in [0.05, 0.1) is 13.2 Å². The number of ether oxygens (including phenoxy) is 1. The lowest BCUT2D eigenvalue weighted by atomic mass is 10.1. The van der Waals surface area contributed by atoms with Crippen LogP contribution in [0.15, 0.2) is 24.3 Å². The summed E-state index contributed by atoms with van der Waals surface area (Å²) in [5.74, 6) is 0.973. The summed E-state index contributed by atoms with van der Waals surface area (Å²) in [7, 11) is 1.62. The topological polar surface area (TPSA) is 49.8 Å². The van der Waals surface area contributed by atoms with Crippen molar-refractivity contribution in [1.82, 2.24) is 4.90 Å². The van der Waals surface area contributed by atoms with Crippen molar-refractivity contribution in [3.05, 3.63) is 29.8 Å². The number of carbonyl (C=O) groups excluding carboxylic acids is 1. The maximum absolute atomic E-state index is 11.3. The standard InChI is InChI=1S/C16H23NO3/c1-12(18)9-14-6-4-8-17(14)11-16(19)13-5-3-7-15(10-13)20-2/h3,5,7,10,14,16,19H,4,6,8-9,11H2,1-2H3. The first-order valence-electron chi connectivity index (χ1n) is 7.15. The maximum Gasteiger partial charge on any atom is 0.131 e. The van der Waals surface area contributed by atoms with Crippen LogP contribution in [0.5, 0.6) is 5.75 Å². The van der Waals surface area contributed by atoms with Gasteiger partial charge in [-0.15, -0.1) is 0 Å². The number of hydrogen-bond acceptors (Lipinski definition) is 4. The second-order valence-electron chi connectivity index (χ2n) is 5.49. The summed E-state index contributed by atoms with van der Waals surface area (Å²) in [5, 5.41) is 10.4. The van der Waals surface area contributed by atoms with Crippen LogP contribution in [0.25, 0.3) is 0 Å². The zero-order valence-electron chi connectivity index (χ0n) is 12.2. The van der Waals surface area contributed by atoms with Gasteiger partial charge in [0.1, 0.15) is 11.5 Å². The summed E-state index contributed by atoms with van der Waals surface area (Å²) in [6, 6.07) is 7.80. The third-order valence-electron chi connectivity index (χ3n) is 3.91. The Balaban J connectivity index is 1.99. The number of Topliss-reactive ketones (excluding diaryl/α,β-unsaturated/α-hetero) is 1. The molecule has 2 atom stereocenters. The molecule has 2 rings (SSSR count).